The van der Waals surface area contributed by atoms with Crippen LogP contribution in [0.2, 0.25) is 0 Å². The lowest BCUT2D eigenvalue weighted by Crippen LogP contribution is -1.96. The second kappa shape index (κ2) is 4.25. The SMILES string of the molecule is COc1cc(F)cc(CC#N)c1C#N. The summed E-state index contributed by atoms with van der Waals surface area (Å²) in [5.41, 5.74) is 0.572. The zero-order valence-electron chi connectivity index (χ0n) is 7.54. The first-order valence-electron chi connectivity index (χ1n) is 3.86. The molecule has 0 saturated carbocycles. The van der Waals surface area contributed by atoms with Crippen molar-refractivity contribution in [2.45, 2.75) is 6.42 Å². The summed E-state index contributed by atoms with van der Waals surface area (Å²) in [5.74, 6) is -0.344. The van der Waals surface area contributed by atoms with Crippen LogP contribution in [0, 0.1) is 28.5 Å². The number of halogens is 1. The van der Waals surface area contributed by atoms with E-state index >= 15 is 0 Å². The zero-order valence-corrected chi connectivity index (χ0v) is 7.54. The van der Waals surface area contributed by atoms with Gasteiger partial charge in [-0.3, -0.25) is 0 Å². The predicted molar refractivity (Wildman–Crippen MR) is 47.0 cm³/mol. The molecule has 14 heavy (non-hydrogen) atoms. The number of hydrogen-bond acceptors (Lipinski definition) is 3. The molecule has 0 aromatic heterocycles. The Morgan fingerprint density at radius 1 is 1.43 bits per heavy atom. The Hall–Kier alpha value is -2.07. The summed E-state index contributed by atoms with van der Waals surface area (Å²) in [7, 11) is 1.35. The van der Waals surface area contributed by atoms with Crippen LogP contribution in [-0.4, -0.2) is 7.11 Å². The molecule has 0 N–H and O–H groups in total. The van der Waals surface area contributed by atoms with Crippen molar-refractivity contribution in [1.82, 2.24) is 0 Å². The quantitative estimate of drug-likeness (QED) is 0.714. The van der Waals surface area contributed by atoms with Crippen LogP contribution in [-0.2, 0) is 6.42 Å². The summed E-state index contributed by atoms with van der Waals surface area (Å²) in [6.07, 6.45) is -0.00296. The van der Waals surface area contributed by atoms with Crippen molar-refractivity contribution in [2.24, 2.45) is 0 Å². The fourth-order valence-corrected chi connectivity index (χ4v) is 1.15. The van der Waals surface area contributed by atoms with Gasteiger partial charge in [-0.25, -0.2) is 4.39 Å². The Morgan fingerprint density at radius 2 is 2.14 bits per heavy atom. The van der Waals surface area contributed by atoms with E-state index in [-0.39, 0.29) is 17.7 Å². The van der Waals surface area contributed by atoms with Crippen LogP contribution >= 0.6 is 0 Å². The summed E-state index contributed by atoms with van der Waals surface area (Å²) < 4.78 is 17.8. The summed E-state index contributed by atoms with van der Waals surface area (Å²) in [6, 6.07) is 6.04. The minimum absolute atomic E-state index is 0.00296. The molecule has 0 heterocycles. The van der Waals surface area contributed by atoms with Gasteiger partial charge >= 0.3 is 0 Å². The highest BCUT2D eigenvalue weighted by Gasteiger charge is 2.10. The number of nitriles is 2. The Balaban J connectivity index is 3.35. The lowest BCUT2D eigenvalue weighted by Gasteiger charge is -2.05. The van der Waals surface area contributed by atoms with Crippen molar-refractivity contribution >= 4 is 0 Å². The molecular formula is C10H7FN2O. The normalized spacial score (nSPS) is 8.86. The monoisotopic (exact) mass is 190 g/mol. The van der Waals surface area contributed by atoms with Crippen LogP contribution in [0.1, 0.15) is 11.1 Å². The fourth-order valence-electron chi connectivity index (χ4n) is 1.15. The third-order valence-electron chi connectivity index (χ3n) is 1.75. The highest BCUT2D eigenvalue weighted by atomic mass is 19.1. The molecule has 0 amide bonds. The van der Waals surface area contributed by atoms with Crippen molar-refractivity contribution in [1.29, 1.82) is 10.5 Å². The number of hydrogen-bond donors (Lipinski definition) is 0. The van der Waals surface area contributed by atoms with Gasteiger partial charge in [0.25, 0.3) is 0 Å². The van der Waals surface area contributed by atoms with Gasteiger partial charge in [0, 0.05) is 6.07 Å². The Bertz CT molecular complexity index is 429. The first kappa shape index (κ1) is 10.0. The number of rotatable bonds is 2. The van der Waals surface area contributed by atoms with Crippen LogP contribution < -0.4 is 4.74 Å². The predicted octanol–water partition coefficient (Wildman–Crippen LogP) is 1.77. The number of nitrogens with zero attached hydrogens (tertiary/aromatic N) is 2. The van der Waals surface area contributed by atoms with E-state index in [0.29, 0.717) is 5.56 Å². The van der Waals surface area contributed by atoms with Gasteiger partial charge in [0.15, 0.2) is 0 Å². The molecule has 70 valence electrons. The summed E-state index contributed by atoms with van der Waals surface area (Å²) in [4.78, 5) is 0. The van der Waals surface area contributed by atoms with Crippen LogP contribution in [0.4, 0.5) is 4.39 Å². The minimum Gasteiger partial charge on any atom is -0.495 e. The third kappa shape index (κ3) is 1.81. The summed E-state index contributed by atoms with van der Waals surface area (Å²) in [5, 5.41) is 17.3. The first-order valence-corrected chi connectivity index (χ1v) is 3.86. The molecule has 4 heteroatoms. The van der Waals surface area contributed by atoms with Gasteiger partial charge in [0.2, 0.25) is 0 Å². The highest BCUT2D eigenvalue weighted by molar-refractivity contribution is 5.50. The van der Waals surface area contributed by atoms with Gasteiger partial charge in [-0.15, -0.1) is 0 Å². The fraction of sp³-hybridized carbons (Fsp3) is 0.200. The molecule has 1 rings (SSSR count). The number of benzene rings is 1. The van der Waals surface area contributed by atoms with E-state index in [1.165, 1.54) is 13.2 Å². The van der Waals surface area contributed by atoms with E-state index in [4.69, 9.17) is 15.3 Å². The Labute approximate surface area is 81.0 Å². The van der Waals surface area contributed by atoms with E-state index in [2.05, 4.69) is 0 Å². The molecule has 0 saturated heterocycles. The maximum absolute atomic E-state index is 13.0. The molecule has 1 aromatic carbocycles. The lowest BCUT2D eigenvalue weighted by atomic mass is 10.0. The molecule has 0 fully saturated rings. The topological polar surface area (TPSA) is 56.8 Å². The molecule has 0 bridgehead atoms. The second-order valence-corrected chi connectivity index (χ2v) is 2.59. The number of ether oxygens (including phenoxy) is 1. The minimum atomic E-state index is -0.508. The van der Waals surface area contributed by atoms with Crippen LogP contribution in [0.25, 0.3) is 0 Å². The molecule has 0 spiro atoms. The van der Waals surface area contributed by atoms with Gasteiger partial charge in [-0.05, 0) is 11.6 Å². The average molecular weight is 190 g/mol. The summed E-state index contributed by atoms with van der Waals surface area (Å²) >= 11 is 0. The Kier molecular flexibility index (Phi) is 3.04. The first-order chi connectivity index (χ1) is 6.72. The lowest BCUT2D eigenvalue weighted by molar-refractivity contribution is 0.409. The Morgan fingerprint density at radius 3 is 2.64 bits per heavy atom. The maximum Gasteiger partial charge on any atom is 0.139 e. The molecule has 3 nitrogen and oxygen atoms in total. The van der Waals surface area contributed by atoms with Gasteiger partial charge < -0.3 is 4.74 Å². The number of methoxy groups -OCH3 is 1. The van der Waals surface area contributed by atoms with Gasteiger partial charge in [0.1, 0.15) is 17.6 Å². The molecular weight excluding hydrogens is 183 g/mol. The van der Waals surface area contributed by atoms with E-state index in [1.54, 1.807) is 0 Å². The van der Waals surface area contributed by atoms with Crippen molar-refractivity contribution in [3.05, 3.63) is 29.1 Å². The second-order valence-electron chi connectivity index (χ2n) is 2.59. The van der Waals surface area contributed by atoms with Gasteiger partial charge in [-0.2, -0.15) is 10.5 Å². The third-order valence-corrected chi connectivity index (χ3v) is 1.75. The standard InChI is InChI=1S/C10H7FN2O/c1-14-10-5-8(11)4-7(2-3-12)9(10)6-13/h4-5H,2H2,1H3. The molecule has 0 atom stereocenters. The van der Waals surface area contributed by atoms with Crippen LogP contribution in [0.3, 0.4) is 0 Å². The van der Waals surface area contributed by atoms with Crippen molar-refractivity contribution < 1.29 is 9.13 Å². The molecule has 0 aliphatic carbocycles. The van der Waals surface area contributed by atoms with Crippen LogP contribution in [0.15, 0.2) is 12.1 Å². The van der Waals surface area contributed by atoms with E-state index < -0.39 is 5.82 Å². The maximum atomic E-state index is 13.0. The van der Waals surface area contributed by atoms with E-state index in [0.717, 1.165) is 6.07 Å². The smallest absolute Gasteiger partial charge is 0.139 e. The molecule has 1 aromatic rings. The van der Waals surface area contributed by atoms with Gasteiger partial charge in [0.05, 0.1) is 25.2 Å². The largest absolute Gasteiger partial charge is 0.495 e. The molecule has 0 aliphatic heterocycles. The molecule has 0 aliphatic rings. The van der Waals surface area contributed by atoms with Gasteiger partial charge in [-0.1, -0.05) is 0 Å². The van der Waals surface area contributed by atoms with Crippen molar-refractivity contribution in [3.63, 3.8) is 0 Å². The van der Waals surface area contributed by atoms with Crippen LogP contribution in [0.5, 0.6) is 5.75 Å². The van der Waals surface area contributed by atoms with Crippen molar-refractivity contribution in [2.75, 3.05) is 7.11 Å². The zero-order chi connectivity index (χ0) is 10.6. The van der Waals surface area contributed by atoms with E-state index in [9.17, 15) is 4.39 Å². The highest BCUT2D eigenvalue weighted by Crippen LogP contribution is 2.23. The average Bonchev–Trinajstić information content (AvgIpc) is 2.17. The molecule has 0 unspecified atom stereocenters. The van der Waals surface area contributed by atoms with E-state index in [1.807, 2.05) is 12.1 Å². The molecule has 0 radical (unpaired) electrons. The van der Waals surface area contributed by atoms with Crippen molar-refractivity contribution in [3.8, 4) is 17.9 Å². The summed E-state index contributed by atoms with van der Waals surface area (Å²) in [6.45, 7) is 0.